The van der Waals surface area contributed by atoms with Crippen LogP contribution < -0.4 is 0 Å². The summed E-state index contributed by atoms with van der Waals surface area (Å²) in [6.07, 6.45) is 0. The molecule has 0 heterocycles. The molecule has 0 amide bonds. The van der Waals surface area contributed by atoms with Crippen LogP contribution >= 0.6 is 0 Å². The lowest BCUT2D eigenvalue weighted by atomic mass is 10.8. The van der Waals surface area contributed by atoms with Crippen molar-refractivity contribution in [3.63, 3.8) is 0 Å². The minimum absolute atomic E-state index is 0.245. The lowest BCUT2D eigenvalue weighted by molar-refractivity contribution is -0.138. The van der Waals surface area contributed by atoms with Crippen LogP contribution in [-0.2, 0) is 28.7 Å². The van der Waals surface area contributed by atoms with Gasteiger partial charge in [-0.1, -0.05) is 0 Å². The minimum atomic E-state index is -0.833. The van der Waals surface area contributed by atoms with E-state index in [1.54, 1.807) is 0 Å². The molecule has 0 rings (SSSR count). The summed E-state index contributed by atoms with van der Waals surface area (Å²) >= 11 is 0. The van der Waals surface area contributed by atoms with Crippen LogP contribution in [-0.4, -0.2) is 57.4 Å². The van der Waals surface area contributed by atoms with Crippen LogP contribution in [0.5, 0.6) is 0 Å². The average molecular weight is 314 g/mol. The fraction of sp³-hybridized carbons (Fsp3) is 0.545. The van der Waals surface area contributed by atoms with Crippen molar-refractivity contribution in [1.29, 1.82) is 0 Å². The molecule has 0 aliphatic carbocycles. The average Bonchev–Trinajstić information content (AvgIpc) is 2.13. The lowest BCUT2D eigenvalue weighted by Crippen LogP contribution is -1.88. The second kappa shape index (κ2) is 26.0. The summed E-state index contributed by atoms with van der Waals surface area (Å²) in [6, 6.07) is 0. The third kappa shape index (κ3) is 9680. The Morgan fingerprint density at radius 1 is 0.571 bits per heavy atom. The second-order valence-electron chi connectivity index (χ2n) is 2.77. The molecule has 0 aromatic rings. The lowest BCUT2D eigenvalue weighted by Gasteiger charge is -1.80. The predicted molar refractivity (Wildman–Crippen MR) is 70.9 cm³/mol. The molecule has 10 heteroatoms. The molecule has 0 bridgehead atoms. The van der Waals surface area contributed by atoms with Gasteiger partial charge in [0.15, 0.2) is 0 Å². The van der Waals surface area contributed by atoms with Gasteiger partial charge in [0.05, 0.1) is 7.11 Å². The van der Waals surface area contributed by atoms with Crippen molar-refractivity contribution in [2.24, 2.45) is 0 Å². The molecule has 0 fully saturated rings. The summed E-state index contributed by atoms with van der Waals surface area (Å²) in [4.78, 5) is 45.6. The van der Waals surface area contributed by atoms with Crippen molar-refractivity contribution in [3.8, 4) is 0 Å². The van der Waals surface area contributed by atoms with Gasteiger partial charge in [-0.25, -0.2) is 0 Å². The van der Waals surface area contributed by atoms with Gasteiger partial charge in [-0.2, -0.15) is 0 Å². The Labute approximate surface area is 122 Å². The number of hydrogen-bond donors (Lipinski definition) is 4. The Morgan fingerprint density at radius 2 is 0.619 bits per heavy atom. The van der Waals surface area contributed by atoms with E-state index < -0.39 is 23.9 Å². The number of rotatable bonds is 0. The maximum absolute atomic E-state index is 9.59. The van der Waals surface area contributed by atoms with E-state index in [1.165, 1.54) is 14.0 Å². The van der Waals surface area contributed by atoms with Crippen LogP contribution in [0.2, 0.25) is 0 Å². The molecule has 0 saturated heterocycles. The molecule has 10 nitrogen and oxygen atoms in total. The van der Waals surface area contributed by atoms with Crippen LogP contribution in [0.1, 0.15) is 34.6 Å². The number of methoxy groups -OCH3 is 1. The number of carbonyl (C=O) groups excluding carboxylic acids is 1. The first kappa shape index (κ1) is 31.0. The van der Waals surface area contributed by atoms with Crippen molar-refractivity contribution < 1.29 is 49.1 Å². The van der Waals surface area contributed by atoms with E-state index in [-0.39, 0.29) is 5.97 Å². The molecule has 0 unspecified atom stereocenters. The molecule has 0 aliphatic rings. The van der Waals surface area contributed by atoms with Crippen molar-refractivity contribution in [1.82, 2.24) is 0 Å². The highest BCUT2D eigenvalue weighted by molar-refractivity contribution is 5.65. The molecule has 0 saturated carbocycles. The first-order valence-electron chi connectivity index (χ1n) is 5.03. The molecule has 0 spiro atoms. The van der Waals surface area contributed by atoms with Gasteiger partial charge in [0.25, 0.3) is 23.9 Å². The highest BCUT2D eigenvalue weighted by Gasteiger charge is 1.75. The van der Waals surface area contributed by atoms with Gasteiger partial charge < -0.3 is 25.2 Å². The van der Waals surface area contributed by atoms with Crippen LogP contribution in [0.15, 0.2) is 0 Å². The Hall–Kier alpha value is -2.65. The minimum Gasteiger partial charge on any atom is -0.481 e. The van der Waals surface area contributed by atoms with E-state index in [9.17, 15) is 4.79 Å². The summed E-state index contributed by atoms with van der Waals surface area (Å²) < 4.78 is 4.11. The van der Waals surface area contributed by atoms with Gasteiger partial charge in [0.2, 0.25) is 0 Å². The Kier molecular flexibility index (Phi) is 38.4. The maximum Gasteiger partial charge on any atom is 0.302 e. The summed E-state index contributed by atoms with van der Waals surface area (Å²) in [7, 11) is 1.35. The summed E-state index contributed by atoms with van der Waals surface area (Å²) in [5.74, 6) is -3.58. The normalized spacial score (nSPS) is 6.38. The third-order valence-electron chi connectivity index (χ3n) is 0.287. The van der Waals surface area contributed by atoms with Crippen molar-refractivity contribution in [3.05, 3.63) is 0 Å². The van der Waals surface area contributed by atoms with Gasteiger partial charge in [-0.05, 0) is 0 Å². The van der Waals surface area contributed by atoms with Crippen LogP contribution in [0.4, 0.5) is 0 Å². The highest BCUT2D eigenvalue weighted by atomic mass is 16.5. The van der Waals surface area contributed by atoms with E-state index in [0.717, 1.165) is 27.7 Å². The fourth-order valence-corrected chi connectivity index (χ4v) is 0. The zero-order valence-electron chi connectivity index (χ0n) is 12.7. The molecule has 0 atom stereocenters. The fourth-order valence-electron chi connectivity index (χ4n) is 0. The molecule has 0 aromatic heterocycles. The number of ether oxygens (including phenoxy) is 1. The van der Waals surface area contributed by atoms with Crippen LogP contribution in [0, 0.1) is 0 Å². The zero-order valence-corrected chi connectivity index (χ0v) is 12.7. The Balaban J connectivity index is -0.0000000510. The Morgan fingerprint density at radius 3 is 0.619 bits per heavy atom. The summed E-state index contributed by atoms with van der Waals surface area (Å²) in [6.45, 7) is 5.69. The van der Waals surface area contributed by atoms with Crippen molar-refractivity contribution >= 4 is 29.8 Å². The van der Waals surface area contributed by atoms with Gasteiger partial charge in [-0.15, -0.1) is 0 Å². The monoisotopic (exact) mass is 314 g/mol. The quantitative estimate of drug-likeness (QED) is 0.461. The first-order valence-corrected chi connectivity index (χ1v) is 5.03. The van der Waals surface area contributed by atoms with E-state index in [4.69, 9.17) is 39.6 Å². The largest absolute Gasteiger partial charge is 0.481 e. The molecule has 0 aromatic carbocycles. The van der Waals surface area contributed by atoms with Crippen LogP contribution in [0.25, 0.3) is 0 Å². The number of carbonyl (C=O) groups is 5. The molecule has 21 heavy (non-hydrogen) atoms. The Bertz CT molecular complexity index is 244. The first-order chi connectivity index (χ1) is 9.20. The molecular formula is C11H22O10. The van der Waals surface area contributed by atoms with Crippen molar-refractivity contribution in [2.75, 3.05) is 7.11 Å². The molecular weight excluding hydrogens is 292 g/mol. The van der Waals surface area contributed by atoms with Crippen LogP contribution in [0.3, 0.4) is 0 Å². The third-order valence-corrected chi connectivity index (χ3v) is 0.287. The summed E-state index contributed by atoms with van der Waals surface area (Å²) in [5, 5.41) is 29.7. The molecule has 0 radical (unpaired) electrons. The van der Waals surface area contributed by atoms with Crippen molar-refractivity contribution in [2.45, 2.75) is 34.6 Å². The topological polar surface area (TPSA) is 175 Å². The smallest absolute Gasteiger partial charge is 0.302 e. The van der Waals surface area contributed by atoms with Gasteiger partial charge in [-0.3, -0.25) is 24.0 Å². The maximum atomic E-state index is 9.59. The molecule has 4 N–H and O–H groups in total. The number of carboxylic acids is 4. The van der Waals surface area contributed by atoms with E-state index >= 15 is 0 Å². The number of hydrogen-bond acceptors (Lipinski definition) is 6. The standard InChI is InChI=1S/C3H6O2.4C2H4O2/c1-3(4)5-2;4*1-2(3)4/h1-2H3;4*1H3,(H,3,4). The number of carboxylic acid groups (broad SMARTS) is 4. The predicted octanol–water partition coefficient (Wildman–Crippen LogP) is 0.543. The highest BCUT2D eigenvalue weighted by Crippen LogP contribution is 1.60. The van der Waals surface area contributed by atoms with E-state index in [2.05, 4.69) is 4.74 Å². The summed E-state index contributed by atoms with van der Waals surface area (Å²) in [5.41, 5.74) is 0. The van der Waals surface area contributed by atoms with E-state index in [1.807, 2.05) is 0 Å². The van der Waals surface area contributed by atoms with Gasteiger partial charge >= 0.3 is 5.97 Å². The van der Waals surface area contributed by atoms with Gasteiger partial charge in [0.1, 0.15) is 0 Å². The number of aliphatic carboxylic acids is 4. The molecule has 0 aliphatic heterocycles. The zero-order chi connectivity index (χ0) is 18.6. The molecule has 126 valence electrons. The van der Waals surface area contributed by atoms with E-state index in [0.29, 0.717) is 0 Å². The number of esters is 1. The van der Waals surface area contributed by atoms with Gasteiger partial charge in [0, 0.05) is 34.6 Å². The SMILES string of the molecule is CC(=O)O.CC(=O)O.CC(=O)O.CC(=O)O.COC(C)=O. The second-order valence-corrected chi connectivity index (χ2v) is 2.77.